The summed E-state index contributed by atoms with van der Waals surface area (Å²) in [4.78, 5) is 166. The van der Waals surface area contributed by atoms with Gasteiger partial charge in [-0.05, 0) is 86.5 Å². The predicted molar refractivity (Wildman–Crippen MR) is 356 cm³/mol. The number of anilines is 1. The molecule has 1 fully saturated rings. The zero-order valence-corrected chi connectivity index (χ0v) is 57.7. The van der Waals surface area contributed by atoms with Crippen molar-refractivity contribution in [3.63, 3.8) is 0 Å². The third kappa shape index (κ3) is 19.8. The van der Waals surface area contributed by atoms with Crippen LogP contribution in [-0.2, 0) is 70.3 Å². The minimum absolute atomic E-state index is 0.0439. The first-order chi connectivity index (χ1) is 44.2. The number of thioether (sulfide) groups is 1. The molecular weight excluding hydrogens is 1250 g/mol. The van der Waals surface area contributed by atoms with E-state index < -0.39 is 183 Å². The predicted octanol–water partition coefficient (Wildman–Crippen LogP) is 1.77. The molecule has 518 valence electrons. The standard InChI is InChI=1S/C66H98N10O16SSi/c1-12-36(4)58-63(90)70-29-55(85)71-48-33-93-64-46(45-18-17-43(78)26-47(45)72-64)22-41(61(88)69-30-56(86)73-58)24-52(82)59(38(6)53(83)32-77)74-62(89)49-27-44(79)31-76(49)66(7,60(87)40(23-50(48)80)25-54(67)84)28-39-13-15-42(16-14-39)75(34-92-19-20-94(9,10)11)65(91)37(5)21-51(81)57(68-8)35(2)3/h13-18,26,35-38,40-41,44,48-49,53,57-59,68,72,77-79,83H,12,19-25,27-34H2,1-11H3,(H2,67,84)(H,69,88)(H,70,90)(H,71,85)(H,73,86)(H,74,89)/t36-,37+,38-,40-,41?,44?,48?,49-,53-,57-,58-,59-,66?/m0/s1. The fourth-order valence-electron chi connectivity index (χ4n) is 12.6. The Kier molecular flexibility index (Phi) is 27.2. The first-order valence-electron chi connectivity index (χ1n) is 32.4. The van der Waals surface area contributed by atoms with Crippen LogP contribution in [0, 0.1) is 35.5 Å². The maximum atomic E-state index is 16.1. The number of benzene rings is 2. The number of nitrogens with one attached hydrogen (secondary N) is 7. The second kappa shape index (κ2) is 33.6. The van der Waals surface area contributed by atoms with Crippen LogP contribution >= 0.6 is 11.8 Å². The van der Waals surface area contributed by atoms with Crippen LogP contribution in [0.3, 0.4) is 0 Å². The van der Waals surface area contributed by atoms with E-state index in [9.17, 15) is 54.0 Å². The van der Waals surface area contributed by atoms with Crippen LogP contribution in [-0.4, -0.2) is 203 Å². The van der Waals surface area contributed by atoms with E-state index in [1.165, 1.54) is 35.8 Å². The fourth-order valence-corrected chi connectivity index (χ4v) is 14.5. The van der Waals surface area contributed by atoms with Gasteiger partial charge in [0, 0.05) is 93.5 Å². The summed E-state index contributed by atoms with van der Waals surface area (Å²) in [7, 11) is 0.109. The number of phenolic OH excluding ortho intramolecular Hbond substituents is 1. The molecule has 94 heavy (non-hydrogen) atoms. The van der Waals surface area contributed by atoms with Gasteiger partial charge in [0.15, 0.2) is 23.1 Å². The molecule has 28 heteroatoms. The number of β-amino-alcohol motifs (C(OH)–C–C–N with tert-alkyl or cyclic N) is 1. The number of rotatable bonds is 21. The Morgan fingerprint density at radius 2 is 1.53 bits per heavy atom. The quantitative estimate of drug-likeness (QED) is 0.0411. The number of aromatic hydroxyl groups is 1. The molecule has 26 nitrogen and oxygen atoms in total. The van der Waals surface area contributed by atoms with Gasteiger partial charge in [0.25, 0.3) is 0 Å². The highest BCUT2D eigenvalue weighted by Gasteiger charge is 2.52. The van der Waals surface area contributed by atoms with Crippen molar-refractivity contribution in [1.82, 2.24) is 41.8 Å². The lowest BCUT2D eigenvalue weighted by Crippen LogP contribution is -2.62. The molecule has 4 heterocycles. The maximum Gasteiger partial charge on any atom is 0.243 e. The Bertz CT molecular complexity index is 3250. The van der Waals surface area contributed by atoms with Crippen molar-refractivity contribution in [2.45, 2.75) is 178 Å². The lowest BCUT2D eigenvalue weighted by atomic mass is 9.77. The highest BCUT2D eigenvalue weighted by atomic mass is 32.2. The van der Waals surface area contributed by atoms with Crippen molar-refractivity contribution in [1.29, 1.82) is 0 Å². The topological polar surface area (TPSA) is 398 Å². The van der Waals surface area contributed by atoms with E-state index in [4.69, 9.17) is 10.5 Å². The Hall–Kier alpha value is -6.92. The minimum atomic E-state index is -1.97. The number of aliphatic hydroxyl groups excluding tert-OH is 3. The highest BCUT2D eigenvalue weighted by molar-refractivity contribution is 7.99. The van der Waals surface area contributed by atoms with Gasteiger partial charge in [-0.2, -0.15) is 0 Å². The zero-order valence-electron chi connectivity index (χ0n) is 55.9. The van der Waals surface area contributed by atoms with Crippen LogP contribution in [0.15, 0.2) is 47.5 Å². The number of hydrogen-bond donors (Lipinski definition) is 12. The van der Waals surface area contributed by atoms with Crippen molar-refractivity contribution in [3.05, 3.63) is 53.6 Å². The smallest absolute Gasteiger partial charge is 0.243 e. The number of aromatic amines is 1. The van der Waals surface area contributed by atoms with Gasteiger partial charge in [0.1, 0.15) is 18.5 Å². The molecule has 0 spiro atoms. The molecule has 3 aliphatic rings. The molecule has 0 saturated carbocycles. The van der Waals surface area contributed by atoms with Crippen LogP contribution in [0.2, 0.25) is 25.7 Å². The number of primary amides is 1. The molecular formula is C66H98N10O16SSi. The molecule has 13 N–H and O–H groups in total. The Balaban J connectivity index is 1.54. The number of carbonyl (C=O) groups excluding carboxylic acids is 11. The number of carbonyl (C=O) groups is 11. The van der Waals surface area contributed by atoms with Gasteiger partial charge in [0.2, 0.25) is 41.4 Å². The summed E-state index contributed by atoms with van der Waals surface area (Å²) in [6.45, 7) is 16.0. The van der Waals surface area contributed by atoms with Crippen LogP contribution in [0.4, 0.5) is 5.69 Å². The number of H-pyrrole nitrogens is 1. The van der Waals surface area contributed by atoms with Crippen molar-refractivity contribution in [2.24, 2.45) is 41.2 Å². The summed E-state index contributed by atoms with van der Waals surface area (Å²) >= 11 is 0.996. The number of fused-ring (bicyclic) bond motifs is 5. The van der Waals surface area contributed by atoms with E-state index in [0.717, 1.165) is 17.8 Å². The summed E-state index contributed by atoms with van der Waals surface area (Å²) in [5.41, 5.74) is 5.51. The summed E-state index contributed by atoms with van der Waals surface area (Å²) < 4.78 is 6.15. The van der Waals surface area contributed by atoms with Gasteiger partial charge in [-0.1, -0.05) is 79.7 Å². The molecule has 0 aliphatic carbocycles. The number of likely N-dealkylation sites (N-methyl/N-ethyl adjacent to an activating group) is 1. The number of Topliss-reactive ketones (excluding diaryl/α,β-unsaturated/α-hetero) is 4. The van der Waals surface area contributed by atoms with Gasteiger partial charge < -0.3 is 67.8 Å². The van der Waals surface area contributed by atoms with E-state index in [1.54, 1.807) is 58.2 Å². The molecule has 2 bridgehead atoms. The van der Waals surface area contributed by atoms with Crippen LogP contribution < -0.4 is 42.5 Å². The Labute approximate surface area is 554 Å². The number of aromatic nitrogens is 1. The van der Waals surface area contributed by atoms with E-state index in [1.807, 2.05) is 13.8 Å². The fraction of sp³-hybridized carbons (Fsp3) is 0.621. The second-order valence-electron chi connectivity index (χ2n) is 27.4. The van der Waals surface area contributed by atoms with Crippen LogP contribution in [0.25, 0.3) is 10.9 Å². The number of nitrogens with zero attached hydrogens (tertiary/aromatic N) is 2. The first-order valence-corrected chi connectivity index (χ1v) is 37.1. The Morgan fingerprint density at radius 1 is 0.872 bits per heavy atom. The van der Waals surface area contributed by atoms with Gasteiger partial charge in [0.05, 0.1) is 72.2 Å². The minimum Gasteiger partial charge on any atom is -0.508 e. The van der Waals surface area contributed by atoms with Crippen LogP contribution in [0.1, 0.15) is 98.1 Å². The number of ketones is 4. The maximum absolute atomic E-state index is 16.1. The summed E-state index contributed by atoms with van der Waals surface area (Å²) in [5.74, 6) is -14.1. The number of hydrogen-bond acceptors (Lipinski definition) is 19. The molecule has 4 unspecified atom stereocenters. The third-order valence-corrected chi connectivity index (χ3v) is 21.2. The van der Waals surface area contributed by atoms with Crippen molar-refractivity contribution in [2.75, 3.05) is 57.3 Å². The molecule has 1 aromatic heterocycles. The van der Waals surface area contributed by atoms with Gasteiger partial charge >= 0.3 is 0 Å². The zero-order chi connectivity index (χ0) is 69.7. The summed E-state index contributed by atoms with van der Waals surface area (Å²) in [6, 6.07) is 5.36. The average Bonchev–Trinajstić information content (AvgIpc) is 1.49. The van der Waals surface area contributed by atoms with Crippen molar-refractivity contribution in [3.8, 4) is 5.75 Å². The van der Waals surface area contributed by atoms with E-state index >= 15 is 19.2 Å². The molecule has 6 rings (SSSR count). The van der Waals surface area contributed by atoms with E-state index in [2.05, 4.69) is 56.5 Å². The van der Waals surface area contributed by atoms with E-state index in [-0.39, 0.29) is 62.2 Å². The average molecular weight is 1350 g/mol. The van der Waals surface area contributed by atoms with Crippen molar-refractivity contribution >= 4 is 101 Å². The van der Waals surface area contributed by atoms with Crippen LogP contribution in [0.5, 0.6) is 5.75 Å². The monoisotopic (exact) mass is 1350 g/mol. The van der Waals surface area contributed by atoms with Gasteiger partial charge in [-0.15, -0.1) is 11.8 Å². The number of ether oxygens (including phenoxy) is 1. The first kappa shape index (κ1) is 76.1. The number of aliphatic hydroxyl groups is 3. The lowest BCUT2D eigenvalue weighted by molar-refractivity contribution is -0.143. The van der Waals surface area contributed by atoms with Crippen molar-refractivity contribution < 1.29 is 77.9 Å². The lowest BCUT2D eigenvalue weighted by Gasteiger charge is -2.43. The highest BCUT2D eigenvalue weighted by Crippen LogP contribution is 2.38. The SMILES string of the molecule is CC[C@H](C)[C@@H]1NC(=O)CNC(=O)C2CC(=O)[C@H]([C@@H](C)[C@@H](O)CO)NC(=O)[C@@H]3CC(O)CN3C(C)(Cc3ccc(N(COCC[Si](C)(C)C)C(=O)[C@H](C)CC(=O)[C@@H](NC)C(C)C)cc3)C(=O)[C@H](CC(N)=O)CC(=O)C(CSc3[nH]c4cc(O)ccc4c3C2)NC(=O)CNC1=O. The third-order valence-electron chi connectivity index (χ3n) is 18.4. The molecule has 2 aromatic carbocycles. The number of nitrogens with two attached hydrogens (primary N) is 1. The normalized spacial score (nSPS) is 25.3. The van der Waals surface area contributed by atoms with Gasteiger partial charge in [-0.25, -0.2) is 0 Å². The molecule has 13 atom stereocenters. The summed E-state index contributed by atoms with van der Waals surface area (Å²) in [6.07, 6.45) is -5.68. The molecule has 0 radical (unpaired) electrons. The Morgan fingerprint density at radius 3 is 2.15 bits per heavy atom. The van der Waals surface area contributed by atoms with E-state index in [0.29, 0.717) is 45.8 Å². The number of phenols is 1. The second-order valence-corrected chi connectivity index (χ2v) is 34.1. The molecule has 3 aromatic rings. The number of amides is 7. The molecule has 3 aliphatic heterocycles. The largest absolute Gasteiger partial charge is 0.508 e. The molecule has 1 saturated heterocycles. The van der Waals surface area contributed by atoms with Gasteiger partial charge in [-0.3, -0.25) is 62.5 Å². The molecule has 7 amide bonds. The summed E-state index contributed by atoms with van der Waals surface area (Å²) in [5, 5.41) is 60.9.